The lowest BCUT2D eigenvalue weighted by Crippen LogP contribution is -2.26. The summed E-state index contributed by atoms with van der Waals surface area (Å²) in [5.74, 6) is 0. The van der Waals surface area contributed by atoms with E-state index in [1.54, 1.807) is 24.4 Å². The van der Waals surface area contributed by atoms with Crippen LogP contribution in [0.1, 0.15) is 5.69 Å². The molecule has 0 saturated heterocycles. The van der Waals surface area contributed by atoms with Crippen LogP contribution in [0.3, 0.4) is 0 Å². The van der Waals surface area contributed by atoms with Crippen molar-refractivity contribution in [3.05, 3.63) is 64.5 Å². The zero-order valence-corrected chi connectivity index (χ0v) is 14.2. The largest absolute Gasteiger partial charge is 0.305 e. The number of aromatic nitrogens is 2. The topological polar surface area (TPSA) is 63.5 Å². The van der Waals surface area contributed by atoms with Crippen molar-refractivity contribution in [3.63, 3.8) is 0 Å². The third kappa shape index (κ3) is 3.84. The zero-order valence-electron chi connectivity index (χ0n) is 11.9. The first kappa shape index (κ1) is 16.3. The van der Waals surface area contributed by atoms with Crippen molar-refractivity contribution in [2.24, 2.45) is 0 Å². The molecule has 0 aliphatic carbocycles. The molecule has 8 heteroatoms. The Morgan fingerprint density at radius 3 is 2.70 bits per heavy atom. The SMILES string of the molecule is O=S(=O)(NCCc1cn2cc(Cl)ccc2n1)c1cccc(Cl)c1. The van der Waals surface area contributed by atoms with E-state index in [-0.39, 0.29) is 11.4 Å². The lowest BCUT2D eigenvalue weighted by molar-refractivity contribution is 0.581. The van der Waals surface area contributed by atoms with Crippen LogP contribution >= 0.6 is 23.2 Å². The molecule has 0 atom stereocenters. The molecule has 0 unspecified atom stereocenters. The molecule has 1 N–H and O–H groups in total. The minimum Gasteiger partial charge on any atom is -0.305 e. The van der Waals surface area contributed by atoms with Crippen molar-refractivity contribution in [2.75, 3.05) is 6.54 Å². The van der Waals surface area contributed by atoms with Crippen molar-refractivity contribution >= 4 is 38.9 Å². The van der Waals surface area contributed by atoms with Crippen molar-refractivity contribution in [2.45, 2.75) is 11.3 Å². The Morgan fingerprint density at radius 2 is 1.91 bits per heavy atom. The van der Waals surface area contributed by atoms with Crippen LogP contribution < -0.4 is 4.72 Å². The predicted molar refractivity (Wildman–Crippen MR) is 90.5 cm³/mol. The summed E-state index contributed by atoms with van der Waals surface area (Å²) in [5, 5.41) is 0.994. The van der Waals surface area contributed by atoms with Gasteiger partial charge in [0.15, 0.2) is 0 Å². The standard InChI is InChI=1S/C15H13Cl2N3O2S/c16-11-2-1-3-14(8-11)23(21,22)18-7-6-13-10-20-9-12(17)4-5-15(20)19-13/h1-5,8-10,18H,6-7H2. The Kier molecular flexibility index (Phi) is 4.59. The maximum absolute atomic E-state index is 12.2. The molecule has 0 aliphatic heterocycles. The van der Waals surface area contributed by atoms with Gasteiger partial charge in [-0.3, -0.25) is 0 Å². The first-order valence-corrected chi connectivity index (χ1v) is 9.06. The van der Waals surface area contributed by atoms with Gasteiger partial charge >= 0.3 is 0 Å². The van der Waals surface area contributed by atoms with Crippen molar-refractivity contribution < 1.29 is 8.42 Å². The lowest BCUT2D eigenvalue weighted by Gasteiger charge is -2.06. The summed E-state index contributed by atoms with van der Waals surface area (Å²) in [5.41, 5.74) is 1.54. The normalized spacial score (nSPS) is 11.9. The fourth-order valence-electron chi connectivity index (χ4n) is 2.17. The van der Waals surface area contributed by atoms with Gasteiger partial charge in [-0.2, -0.15) is 0 Å². The molecule has 3 aromatic rings. The summed E-state index contributed by atoms with van der Waals surface area (Å²) in [6, 6.07) is 9.71. The Bertz CT molecular complexity index is 954. The first-order valence-electron chi connectivity index (χ1n) is 6.82. The summed E-state index contributed by atoms with van der Waals surface area (Å²) in [6.07, 6.45) is 4.05. The minimum atomic E-state index is -3.58. The molecular formula is C15H13Cl2N3O2S. The van der Waals surface area contributed by atoms with Crippen LogP contribution in [-0.4, -0.2) is 24.3 Å². The summed E-state index contributed by atoms with van der Waals surface area (Å²) in [6.45, 7) is 0.243. The van der Waals surface area contributed by atoms with Gasteiger partial charge in [0.2, 0.25) is 10.0 Å². The fraction of sp³-hybridized carbons (Fsp3) is 0.133. The summed E-state index contributed by atoms with van der Waals surface area (Å²) >= 11 is 11.7. The Hall–Kier alpha value is -1.60. The number of nitrogens with zero attached hydrogens (tertiary/aromatic N) is 2. The van der Waals surface area contributed by atoms with Crippen LogP contribution in [0.2, 0.25) is 10.0 Å². The van der Waals surface area contributed by atoms with E-state index >= 15 is 0 Å². The van der Waals surface area contributed by atoms with E-state index in [1.165, 1.54) is 12.1 Å². The van der Waals surface area contributed by atoms with Gasteiger partial charge in [-0.1, -0.05) is 29.3 Å². The average Bonchev–Trinajstić information content (AvgIpc) is 2.89. The molecule has 1 aromatic carbocycles. The van der Waals surface area contributed by atoms with E-state index in [0.29, 0.717) is 16.5 Å². The summed E-state index contributed by atoms with van der Waals surface area (Å²) < 4.78 is 28.7. The first-order chi connectivity index (χ1) is 10.9. The lowest BCUT2D eigenvalue weighted by atomic mass is 10.3. The second-order valence-electron chi connectivity index (χ2n) is 4.95. The Balaban J connectivity index is 1.68. The van der Waals surface area contributed by atoms with Crippen molar-refractivity contribution in [3.8, 4) is 0 Å². The van der Waals surface area contributed by atoms with Crippen LogP contribution in [0.25, 0.3) is 5.65 Å². The van der Waals surface area contributed by atoms with E-state index < -0.39 is 10.0 Å². The van der Waals surface area contributed by atoms with Crippen LogP contribution in [0.15, 0.2) is 53.7 Å². The number of nitrogens with one attached hydrogen (secondary N) is 1. The van der Waals surface area contributed by atoms with Gasteiger partial charge in [0.1, 0.15) is 5.65 Å². The van der Waals surface area contributed by atoms with Gasteiger partial charge in [-0.15, -0.1) is 0 Å². The molecule has 0 radical (unpaired) electrons. The third-order valence-corrected chi connectivity index (χ3v) is 5.16. The number of benzene rings is 1. The van der Waals surface area contributed by atoms with E-state index in [1.807, 2.05) is 16.7 Å². The molecule has 0 bridgehead atoms. The number of pyridine rings is 1. The van der Waals surface area contributed by atoms with Gasteiger partial charge in [0.25, 0.3) is 0 Å². The van der Waals surface area contributed by atoms with E-state index in [2.05, 4.69) is 9.71 Å². The average molecular weight is 370 g/mol. The van der Waals surface area contributed by atoms with E-state index in [9.17, 15) is 8.42 Å². The maximum Gasteiger partial charge on any atom is 0.240 e. The molecule has 5 nitrogen and oxygen atoms in total. The molecule has 0 saturated carbocycles. The van der Waals surface area contributed by atoms with Crippen LogP contribution in [-0.2, 0) is 16.4 Å². The zero-order chi connectivity index (χ0) is 16.4. The van der Waals surface area contributed by atoms with Gasteiger partial charge in [0.05, 0.1) is 15.6 Å². The smallest absolute Gasteiger partial charge is 0.240 e. The molecule has 2 aromatic heterocycles. The molecule has 0 amide bonds. The fourth-order valence-corrected chi connectivity index (χ4v) is 3.67. The predicted octanol–water partition coefficient (Wildman–Crippen LogP) is 3.16. The second-order valence-corrected chi connectivity index (χ2v) is 7.59. The number of hydrogen-bond donors (Lipinski definition) is 1. The molecule has 2 heterocycles. The number of sulfonamides is 1. The van der Waals surface area contributed by atoms with Gasteiger partial charge in [-0.05, 0) is 30.3 Å². The van der Waals surface area contributed by atoms with Gasteiger partial charge in [-0.25, -0.2) is 18.1 Å². The number of fused-ring (bicyclic) bond motifs is 1. The molecule has 0 spiro atoms. The van der Waals surface area contributed by atoms with Gasteiger partial charge < -0.3 is 4.40 Å². The van der Waals surface area contributed by atoms with Crippen molar-refractivity contribution in [1.29, 1.82) is 0 Å². The molecule has 23 heavy (non-hydrogen) atoms. The highest BCUT2D eigenvalue weighted by Crippen LogP contribution is 2.15. The molecular weight excluding hydrogens is 357 g/mol. The Labute approximate surface area is 143 Å². The number of hydrogen-bond acceptors (Lipinski definition) is 3. The number of rotatable bonds is 5. The Morgan fingerprint density at radius 1 is 1.09 bits per heavy atom. The molecule has 0 aliphatic rings. The maximum atomic E-state index is 12.2. The monoisotopic (exact) mass is 369 g/mol. The van der Waals surface area contributed by atoms with Gasteiger partial charge in [0, 0.05) is 30.4 Å². The third-order valence-electron chi connectivity index (χ3n) is 3.24. The second kappa shape index (κ2) is 6.49. The van der Waals surface area contributed by atoms with Crippen molar-refractivity contribution in [1.82, 2.24) is 14.1 Å². The van der Waals surface area contributed by atoms with E-state index in [0.717, 1.165) is 11.3 Å². The van der Waals surface area contributed by atoms with Crippen LogP contribution in [0, 0.1) is 0 Å². The molecule has 0 fully saturated rings. The summed E-state index contributed by atoms with van der Waals surface area (Å²) in [7, 11) is -3.58. The van der Waals surface area contributed by atoms with E-state index in [4.69, 9.17) is 23.2 Å². The highest BCUT2D eigenvalue weighted by Gasteiger charge is 2.14. The number of halogens is 2. The van der Waals surface area contributed by atoms with Crippen LogP contribution in [0.4, 0.5) is 0 Å². The highest BCUT2D eigenvalue weighted by molar-refractivity contribution is 7.89. The summed E-state index contributed by atoms with van der Waals surface area (Å²) in [4.78, 5) is 4.55. The number of imidazole rings is 1. The highest BCUT2D eigenvalue weighted by atomic mass is 35.5. The molecule has 120 valence electrons. The van der Waals surface area contributed by atoms with Crippen LogP contribution in [0.5, 0.6) is 0 Å². The molecule has 3 rings (SSSR count). The minimum absolute atomic E-state index is 0.145. The quantitative estimate of drug-likeness (QED) is 0.751.